The molecule has 0 heterocycles. The van der Waals surface area contributed by atoms with Crippen LogP contribution in [0.25, 0.3) is 0 Å². The second-order valence-electron chi connectivity index (χ2n) is 3.72. The number of unbranched alkanes of at least 4 members (excludes halogenated alkanes) is 6. The monoisotopic (exact) mass is 312 g/mol. The minimum absolute atomic E-state index is 0.191. The van der Waals surface area contributed by atoms with Crippen molar-refractivity contribution in [2.45, 2.75) is 62.2 Å². The van der Waals surface area contributed by atoms with Gasteiger partial charge in [-0.15, -0.1) is 0 Å². The van der Waals surface area contributed by atoms with E-state index in [0.29, 0.717) is 0 Å². The quantitative estimate of drug-likeness (QED) is 0.397. The van der Waals surface area contributed by atoms with Crippen molar-refractivity contribution < 1.29 is 9.90 Å². The van der Waals surface area contributed by atoms with Crippen molar-refractivity contribution in [3.63, 3.8) is 0 Å². The number of carboxylic acid groups (broad SMARTS) is 1. The van der Waals surface area contributed by atoms with Crippen molar-refractivity contribution in [2.75, 3.05) is 0 Å². The van der Waals surface area contributed by atoms with Gasteiger partial charge in [0, 0.05) is 0 Å². The van der Waals surface area contributed by atoms with E-state index in [1.165, 1.54) is 38.5 Å². The first-order valence-corrected chi connectivity index (χ1v) is 6.80. The zero-order chi connectivity index (χ0) is 10.8. The fourth-order valence-electron chi connectivity index (χ4n) is 1.40. The first kappa shape index (κ1) is 14.2. The molecule has 2 nitrogen and oxygen atoms in total. The number of hydrogen-bond donors (Lipinski definition) is 1. The Morgan fingerprint density at radius 3 is 2.14 bits per heavy atom. The molecule has 0 aromatic heterocycles. The minimum Gasteiger partial charge on any atom is -0.480 e. The molecule has 0 fully saturated rings. The van der Waals surface area contributed by atoms with Gasteiger partial charge in [-0.3, -0.25) is 4.79 Å². The van der Waals surface area contributed by atoms with E-state index in [1.807, 2.05) is 22.6 Å². The van der Waals surface area contributed by atoms with Crippen molar-refractivity contribution in [3.05, 3.63) is 0 Å². The lowest BCUT2D eigenvalue weighted by Crippen LogP contribution is -2.11. The minimum atomic E-state index is -0.670. The molecule has 0 rings (SSSR count). The SMILES string of the molecule is CCCCCCCCCC(I)C(=O)O. The number of carboxylic acids is 1. The summed E-state index contributed by atoms with van der Waals surface area (Å²) in [7, 11) is 0. The molecule has 0 radical (unpaired) electrons. The molecule has 0 spiro atoms. The Hall–Kier alpha value is 0.200. The Kier molecular flexibility index (Phi) is 9.88. The van der Waals surface area contributed by atoms with Crippen molar-refractivity contribution in [1.29, 1.82) is 0 Å². The Morgan fingerprint density at radius 2 is 1.64 bits per heavy atom. The van der Waals surface area contributed by atoms with Crippen LogP contribution in [0.15, 0.2) is 0 Å². The lowest BCUT2D eigenvalue weighted by molar-refractivity contribution is -0.136. The van der Waals surface area contributed by atoms with E-state index in [-0.39, 0.29) is 3.92 Å². The summed E-state index contributed by atoms with van der Waals surface area (Å²) in [6.45, 7) is 2.22. The highest BCUT2D eigenvalue weighted by Crippen LogP contribution is 2.13. The summed E-state index contributed by atoms with van der Waals surface area (Å²) in [4.78, 5) is 10.5. The Balaban J connectivity index is 3.09. The van der Waals surface area contributed by atoms with Gasteiger partial charge in [0.25, 0.3) is 0 Å². The van der Waals surface area contributed by atoms with Crippen LogP contribution < -0.4 is 0 Å². The van der Waals surface area contributed by atoms with Crippen LogP contribution in [0.4, 0.5) is 0 Å². The molecule has 1 unspecified atom stereocenters. The van der Waals surface area contributed by atoms with Gasteiger partial charge in [0.05, 0.1) is 0 Å². The molecule has 0 aromatic rings. The van der Waals surface area contributed by atoms with Gasteiger partial charge in [-0.2, -0.15) is 0 Å². The van der Waals surface area contributed by atoms with Gasteiger partial charge in [-0.05, 0) is 6.42 Å². The van der Waals surface area contributed by atoms with E-state index >= 15 is 0 Å². The first-order chi connectivity index (χ1) is 6.68. The highest BCUT2D eigenvalue weighted by Gasteiger charge is 2.11. The van der Waals surface area contributed by atoms with Crippen LogP contribution >= 0.6 is 22.6 Å². The zero-order valence-electron chi connectivity index (χ0n) is 8.97. The summed E-state index contributed by atoms with van der Waals surface area (Å²) in [5.41, 5.74) is 0. The molecular weight excluding hydrogens is 291 g/mol. The van der Waals surface area contributed by atoms with Crippen molar-refractivity contribution in [1.82, 2.24) is 0 Å². The van der Waals surface area contributed by atoms with Crippen LogP contribution in [0.1, 0.15) is 58.3 Å². The molecule has 14 heavy (non-hydrogen) atoms. The van der Waals surface area contributed by atoms with Gasteiger partial charge in [0.1, 0.15) is 3.92 Å². The number of rotatable bonds is 9. The van der Waals surface area contributed by atoms with Crippen LogP contribution in [0, 0.1) is 0 Å². The van der Waals surface area contributed by atoms with E-state index in [2.05, 4.69) is 6.92 Å². The molecule has 1 atom stereocenters. The maximum atomic E-state index is 10.5. The summed E-state index contributed by atoms with van der Waals surface area (Å²) >= 11 is 2.01. The van der Waals surface area contributed by atoms with Crippen molar-refractivity contribution >= 4 is 28.6 Å². The molecule has 84 valence electrons. The van der Waals surface area contributed by atoms with Crippen LogP contribution in [0.2, 0.25) is 0 Å². The highest BCUT2D eigenvalue weighted by molar-refractivity contribution is 14.1. The third-order valence-electron chi connectivity index (χ3n) is 2.33. The summed E-state index contributed by atoms with van der Waals surface area (Å²) in [5.74, 6) is -0.670. The van der Waals surface area contributed by atoms with E-state index in [4.69, 9.17) is 5.11 Å². The molecule has 0 aliphatic heterocycles. The molecule has 0 aromatic carbocycles. The lowest BCUT2D eigenvalue weighted by Gasteiger charge is -2.04. The average molecular weight is 312 g/mol. The van der Waals surface area contributed by atoms with Crippen LogP contribution in [-0.4, -0.2) is 15.0 Å². The highest BCUT2D eigenvalue weighted by atomic mass is 127. The van der Waals surface area contributed by atoms with E-state index in [9.17, 15) is 4.79 Å². The largest absolute Gasteiger partial charge is 0.480 e. The van der Waals surface area contributed by atoms with Crippen molar-refractivity contribution in [2.24, 2.45) is 0 Å². The molecule has 0 amide bonds. The van der Waals surface area contributed by atoms with Crippen LogP contribution in [-0.2, 0) is 4.79 Å². The molecular formula is C11H21IO2. The summed E-state index contributed by atoms with van der Waals surface area (Å²) < 4.78 is -0.191. The molecule has 0 saturated heterocycles. The fourth-order valence-corrected chi connectivity index (χ4v) is 1.84. The maximum absolute atomic E-state index is 10.5. The first-order valence-electron chi connectivity index (χ1n) is 5.55. The fraction of sp³-hybridized carbons (Fsp3) is 0.909. The Bertz CT molecular complexity index is 148. The van der Waals surface area contributed by atoms with Crippen molar-refractivity contribution in [3.8, 4) is 0 Å². The van der Waals surface area contributed by atoms with Gasteiger partial charge in [-0.1, -0.05) is 74.5 Å². The van der Waals surface area contributed by atoms with Crippen LogP contribution in [0.3, 0.4) is 0 Å². The van der Waals surface area contributed by atoms with E-state index in [1.54, 1.807) is 0 Å². The predicted molar refractivity (Wildman–Crippen MR) is 68.1 cm³/mol. The second-order valence-corrected chi connectivity index (χ2v) is 5.22. The average Bonchev–Trinajstić information content (AvgIpc) is 2.16. The summed E-state index contributed by atoms with van der Waals surface area (Å²) in [5, 5.41) is 8.65. The number of carbonyl (C=O) groups is 1. The van der Waals surface area contributed by atoms with Gasteiger partial charge in [0.2, 0.25) is 0 Å². The molecule has 0 saturated carbocycles. The topological polar surface area (TPSA) is 37.3 Å². The molecule has 0 aliphatic rings. The summed E-state index contributed by atoms with van der Waals surface area (Å²) in [6, 6.07) is 0. The molecule has 3 heteroatoms. The lowest BCUT2D eigenvalue weighted by atomic mass is 10.1. The zero-order valence-corrected chi connectivity index (χ0v) is 11.1. The standard InChI is InChI=1S/C11H21IO2/c1-2-3-4-5-6-7-8-9-10(12)11(13)14/h10H,2-9H2,1H3,(H,13,14). The Labute approximate surface area is 101 Å². The number of hydrogen-bond acceptors (Lipinski definition) is 1. The van der Waals surface area contributed by atoms with Gasteiger partial charge in [-0.25, -0.2) is 0 Å². The van der Waals surface area contributed by atoms with Crippen LogP contribution in [0.5, 0.6) is 0 Å². The smallest absolute Gasteiger partial charge is 0.316 e. The predicted octanol–water partition coefficient (Wildman–Crippen LogP) is 4.02. The third kappa shape index (κ3) is 8.78. The van der Waals surface area contributed by atoms with Gasteiger partial charge >= 0.3 is 5.97 Å². The molecule has 0 bridgehead atoms. The summed E-state index contributed by atoms with van der Waals surface area (Å²) in [6.07, 6.45) is 9.62. The third-order valence-corrected chi connectivity index (χ3v) is 3.48. The normalized spacial score (nSPS) is 12.7. The van der Waals surface area contributed by atoms with E-state index in [0.717, 1.165) is 12.8 Å². The number of halogens is 1. The molecule has 1 N–H and O–H groups in total. The Morgan fingerprint density at radius 1 is 1.14 bits per heavy atom. The van der Waals surface area contributed by atoms with E-state index < -0.39 is 5.97 Å². The molecule has 0 aliphatic carbocycles. The number of alkyl halides is 1. The second kappa shape index (κ2) is 9.74. The van der Waals surface area contributed by atoms with Gasteiger partial charge < -0.3 is 5.11 Å². The van der Waals surface area contributed by atoms with Gasteiger partial charge in [0.15, 0.2) is 0 Å². The maximum Gasteiger partial charge on any atom is 0.316 e. The number of aliphatic carboxylic acids is 1.